The highest BCUT2D eigenvalue weighted by molar-refractivity contribution is 4.84. The molecule has 0 saturated heterocycles. The Morgan fingerprint density at radius 1 is 1.70 bits per heavy atom. The first-order chi connectivity index (χ1) is 4.83. The average Bonchev–Trinajstić information content (AvgIpc) is 2.31. The van der Waals surface area contributed by atoms with E-state index < -0.39 is 0 Å². The molecule has 3 heteroatoms. The van der Waals surface area contributed by atoms with Gasteiger partial charge in [0.25, 0.3) is 0 Å². The molecule has 1 aliphatic heterocycles. The maximum absolute atomic E-state index is 5.21. The molecule has 1 aliphatic rings. The lowest BCUT2D eigenvalue weighted by Crippen LogP contribution is -2.22. The summed E-state index contributed by atoms with van der Waals surface area (Å²) in [6.45, 7) is 4.92. The van der Waals surface area contributed by atoms with Gasteiger partial charge >= 0.3 is 0 Å². The van der Waals surface area contributed by atoms with Crippen molar-refractivity contribution in [2.75, 3.05) is 20.3 Å². The molecule has 0 aromatic heterocycles. The Morgan fingerprint density at radius 3 is 3.00 bits per heavy atom. The lowest BCUT2D eigenvalue weighted by molar-refractivity contribution is -0.114. The van der Waals surface area contributed by atoms with E-state index in [-0.39, 0.29) is 0 Å². The minimum absolute atomic E-state index is 0.568. The monoisotopic (exact) mass is 140 g/mol. The first kappa shape index (κ1) is 7.15. The number of hydrogen-bond donors (Lipinski definition) is 0. The fourth-order valence-corrected chi connectivity index (χ4v) is 0.735. The SMILES string of the molecule is C=CCON1C=CN(C)C1. The van der Waals surface area contributed by atoms with Crippen LogP contribution in [0.2, 0.25) is 0 Å². The second kappa shape index (κ2) is 3.27. The Hall–Kier alpha value is -0.960. The van der Waals surface area contributed by atoms with E-state index in [4.69, 9.17) is 4.84 Å². The average molecular weight is 140 g/mol. The van der Waals surface area contributed by atoms with Gasteiger partial charge in [-0.3, -0.25) is 4.84 Å². The highest BCUT2D eigenvalue weighted by Gasteiger charge is 2.06. The summed E-state index contributed by atoms with van der Waals surface area (Å²) >= 11 is 0. The van der Waals surface area contributed by atoms with E-state index in [0.717, 1.165) is 6.67 Å². The smallest absolute Gasteiger partial charge is 0.115 e. The van der Waals surface area contributed by atoms with E-state index in [9.17, 15) is 0 Å². The summed E-state index contributed by atoms with van der Waals surface area (Å²) in [4.78, 5) is 7.24. The van der Waals surface area contributed by atoms with Gasteiger partial charge in [-0.15, -0.1) is 6.58 Å². The van der Waals surface area contributed by atoms with Gasteiger partial charge in [0.15, 0.2) is 0 Å². The normalized spacial score (nSPS) is 16.5. The molecular formula is C7H12N2O. The van der Waals surface area contributed by atoms with Crippen LogP contribution in [0.3, 0.4) is 0 Å². The third-order valence-corrected chi connectivity index (χ3v) is 1.21. The minimum Gasteiger partial charge on any atom is -0.360 e. The third kappa shape index (κ3) is 1.77. The predicted molar refractivity (Wildman–Crippen MR) is 39.8 cm³/mol. The van der Waals surface area contributed by atoms with Crippen LogP contribution in [0.5, 0.6) is 0 Å². The van der Waals surface area contributed by atoms with E-state index in [1.807, 2.05) is 24.3 Å². The molecule has 0 radical (unpaired) electrons. The van der Waals surface area contributed by atoms with Crippen molar-refractivity contribution in [1.29, 1.82) is 0 Å². The Balaban J connectivity index is 2.19. The van der Waals surface area contributed by atoms with Crippen LogP contribution in [0.4, 0.5) is 0 Å². The number of hydroxylamine groups is 2. The molecule has 0 fully saturated rings. The van der Waals surface area contributed by atoms with Crippen molar-refractivity contribution in [1.82, 2.24) is 9.96 Å². The van der Waals surface area contributed by atoms with E-state index in [1.54, 1.807) is 11.1 Å². The second-order valence-electron chi connectivity index (χ2n) is 2.20. The highest BCUT2D eigenvalue weighted by atomic mass is 16.7. The van der Waals surface area contributed by atoms with Gasteiger partial charge in [0.2, 0.25) is 0 Å². The quantitative estimate of drug-likeness (QED) is 0.539. The molecule has 0 amide bonds. The molecule has 0 unspecified atom stereocenters. The molecule has 56 valence electrons. The Morgan fingerprint density at radius 2 is 2.50 bits per heavy atom. The number of rotatable bonds is 3. The van der Waals surface area contributed by atoms with Crippen molar-refractivity contribution in [3.63, 3.8) is 0 Å². The molecule has 0 saturated carbocycles. The summed E-state index contributed by atoms with van der Waals surface area (Å²) in [6.07, 6.45) is 5.58. The first-order valence-electron chi connectivity index (χ1n) is 3.22. The van der Waals surface area contributed by atoms with Crippen molar-refractivity contribution in [2.45, 2.75) is 0 Å². The third-order valence-electron chi connectivity index (χ3n) is 1.21. The first-order valence-corrected chi connectivity index (χ1v) is 3.22. The van der Waals surface area contributed by atoms with E-state index in [2.05, 4.69) is 6.58 Å². The standard InChI is InChI=1S/C7H12N2O/c1-3-6-10-9-5-4-8(2)7-9/h3-5H,1,6-7H2,2H3. The number of nitrogens with zero attached hydrogens (tertiary/aromatic N) is 2. The molecule has 0 aliphatic carbocycles. The summed E-state index contributed by atoms with van der Waals surface area (Å²) in [7, 11) is 1.99. The molecule has 3 nitrogen and oxygen atoms in total. The second-order valence-corrected chi connectivity index (χ2v) is 2.20. The summed E-state index contributed by atoms with van der Waals surface area (Å²) < 4.78 is 0. The maximum atomic E-state index is 5.21. The summed E-state index contributed by atoms with van der Waals surface area (Å²) in [6, 6.07) is 0. The van der Waals surface area contributed by atoms with Crippen molar-refractivity contribution in [3.05, 3.63) is 25.1 Å². The summed E-state index contributed by atoms with van der Waals surface area (Å²) in [5.74, 6) is 0. The van der Waals surface area contributed by atoms with Crippen LogP contribution in [0, 0.1) is 0 Å². The van der Waals surface area contributed by atoms with Gasteiger partial charge in [0.1, 0.15) is 6.67 Å². The lowest BCUT2D eigenvalue weighted by Gasteiger charge is -2.15. The zero-order valence-electron chi connectivity index (χ0n) is 6.16. The minimum atomic E-state index is 0.568. The van der Waals surface area contributed by atoms with Crippen molar-refractivity contribution >= 4 is 0 Å². The Kier molecular flexibility index (Phi) is 2.34. The zero-order valence-corrected chi connectivity index (χ0v) is 6.16. The molecule has 1 heterocycles. The van der Waals surface area contributed by atoms with Gasteiger partial charge < -0.3 is 4.90 Å². The van der Waals surface area contributed by atoms with Crippen LogP contribution in [-0.2, 0) is 4.84 Å². The molecular weight excluding hydrogens is 128 g/mol. The highest BCUT2D eigenvalue weighted by Crippen LogP contribution is 2.03. The molecule has 0 aromatic carbocycles. The van der Waals surface area contributed by atoms with Gasteiger partial charge in [-0.05, 0) is 0 Å². The van der Waals surface area contributed by atoms with Crippen LogP contribution in [0.15, 0.2) is 25.1 Å². The van der Waals surface area contributed by atoms with E-state index in [0.29, 0.717) is 6.61 Å². The fourth-order valence-electron chi connectivity index (χ4n) is 0.735. The number of hydrogen-bond acceptors (Lipinski definition) is 3. The summed E-state index contributed by atoms with van der Waals surface area (Å²) in [5, 5.41) is 1.77. The molecule has 0 aromatic rings. The lowest BCUT2D eigenvalue weighted by atomic mass is 10.7. The van der Waals surface area contributed by atoms with Crippen LogP contribution in [-0.4, -0.2) is 30.3 Å². The fraction of sp³-hybridized carbons (Fsp3) is 0.429. The molecule has 1 rings (SSSR count). The van der Waals surface area contributed by atoms with Gasteiger partial charge in [-0.2, -0.15) is 0 Å². The molecule has 0 spiro atoms. The molecule has 0 bridgehead atoms. The summed E-state index contributed by atoms with van der Waals surface area (Å²) in [5.41, 5.74) is 0. The van der Waals surface area contributed by atoms with E-state index >= 15 is 0 Å². The molecule has 0 atom stereocenters. The van der Waals surface area contributed by atoms with Crippen LogP contribution in [0.25, 0.3) is 0 Å². The zero-order chi connectivity index (χ0) is 7.40. The molecule has 10 heavy (non-hydrogen) atoms. The Bertz CT molecular complexity index is 145. The van der Waals surface area contributed by atoms with Gasteiger partial charge in [-0.25, -0.2) is 5.06 Å². The van der Waals surface area contributed by atoms with Crippen molar-refractivity contribution in [2.24, 2.45) is 0 Å². The van der Waals surface area contributed by atoms with E-state index in [1.165, 1.54) is 0 Å². The maximum Gasteiger partial charge on any atom is 0.115 e. The van der Waals surface area contributed by atoms with Gasteiger partial charge in [0.05, 0.1) is 6.61 Å². The molecule has 0 N–H and O–H groups in total. The van der Waals surface area contributed by atoms with Crippen LogP contribution >= 0.6 is 0 Å². The van der Waals surface area contributed by atoms with Gasteiger partial charge in [0, 0.05) is 19.4 Å². The topological polar surface area (TPSA) is 15.7 Å². The van der Waals surface area contributed by atoms with Crippen LogP contribution in [0.1, 0.15) is 0 Å². The largest absolute Gasteiger partial charge is 0.360 e. The van der Waals surface area contributed by atoms with Gasteiger partial charge in [-0.1, -0.05) is 6.08 Å². The van der Waals surface area contributed by atoms with Crippen molar-refractivity contribution in [3.8, 4) is 0 Å². The van der Waals surface area contributed by atoms with Crippen molar-refractivity contribution < 1.29 is 4.84 Å². The predicted octanol–water partition coefficient (Wildman–Crippen LogP) is 0.780. The Labute approximate surface area is 61.1 Å². The van der Waals surface area contributed by atoms with Crippen LogP contribution < -0.4 is 0 Å².